The summed E-state index contributed by atoms with van der Waals surface area (Å²) in [7, 11) is -2.26. The summed E-state index contributed by atoms with van der Waals surface area (Å²) in [6.45, 7) is 4.10. The van der Waals surface area contributed by atoms with Crippen LogP contribution in [0.25, 0.3) is 5.65 Å². The van der Waals surface area contributed by atoms with E-state index in [0.717, 1.165) is 0 Å². The van der Waals surface area contributed by atoms with Gasteiger partial charge in [0.05, 0.1) is 15.5 Å². The van der Waals surface area contributed by atoms with E-state index >= 15 is 0 Å². The molecule has 0 saturated carbocycles. The van der Waals surface area contributed by atoms with Crippen LogP contribution in [0.4, 0.5) is 0 Å². The van der Waals surface area contributed by atoms with Gasteiger partial charge in [-0.2, -0.15) is 4.31 Å². The average Bonchev–Trinajstić information content (AvgIpc) is 3.06. The summed E-state index contributed by atoms with van der Waals surface area (Å²) in [6.07, 6.45) is 2.10. The van der Waals surface area contributed by atoms with Gasteiger partial charge in [-0.15, -0.1) is 5.10 Å². The monoisotopic (exact) mass is 465 g/mol. The molecule has 0 spiro atoms. The molecule has 0 radical (unpaired) electrons. The highest BCUT2D eigenvalue weighted by Gasteiger charge is 2.25. The number of hydrogen-bond acceptors (Lipinski definition) is 5. The van der Waals surface area contributed by atoms with Crippen LogP contribution in [0, 0.1) is 0 Å². The molecule has 0 saturated heterocycles. The van der Waals surface area contributed by atoms with Crippen LogP contribution in [-0.4, -0.2) is 52.4 Å². The lowest BCUT2D eigenvalue weighted by Gasteiger charge is -2.21. The van der Waals surface area contributed by atoms with Gasteiger partial charge in [0.1, 0.15) is 0 Å². The minimum atomic E-state index is -3.74. The first kappa shape index (κ1) is 23.0. The van der Waals surface area contributed by atoms with Crippen molar-refractivity contribution in [2.75, 3.05) is 13.6 Å². The third-order valence-electron chi connectivity index (χ3n) is 4.91. The maximum Gasteiger partial charge on any atom is 0.350 e. The number of halogens is 1. The number of carbonyl (C=O) groups is 1. The molecule has 2 heterocycles. The number of aryl methyl sites for hydroxylation is 1. The summed E-state index contributed by atoms with van der Waals surface area (Å²) >= 11 is 6.13. The molecule has 0 bridgehead atoms. The average molecular weight is 466 g/mol. The molecule has 0 aliphatic rings. The molecule has 0 atom stereocenters. The van der Waals surface area contributed by atoms with Crippen molar-refractivity contribution >= 4 is 33.2 Å². The van der Waals surface area contributed by atoms with Gasteiger partial charge >= 0.3 is 5.69 Å². The Morgan fingerprint density at radius 1 is 1.26 bits per heavy atom. The number of hydrogen-bond donors (Lipinski definition) is 1. The molecule has 0 aliphatic heterocycles. The van der Waals surface area contributed by atoms with E-state index in [9.17, 15) is 18.0 Å². The minimum Gasteiger partial charge on any atom is -0.352 e. The molecular formula is C20H24ClN5O4S. The molecule has 2 aromatic heterocycles. The van der Waals surface area contributed by atoms with Gasteiger partial charge in [-0.05, 0) is 50.6 Å². The largest absolute Gasteiger partial charge is 0.352 e. The number of nitrogens with one attached hydrogen (secondary N) is 1. The van der Waals surface area contributed by atoms with Gasteiger partial charge in [0.25, 0.3) is 5.91 Å². The Kier molecular flexibility index (Phi) is 6.83. The molecule has 1 amide bonds. The quantitative estimate of drug-likeness (QED) is 0.512. The number of amides is 1. The number of sulfonamides is 1. The van der Waals surface area contributed by atoms with Crippen LogP contribution < -0.4 is 11.0 Å². The van der Waals surface area contributed by atoms with Crippen molar-refractivity contribution in [3.63, 3.8) is 0 Å². The van der Waals surface area contributed by atoms with Gasteiger partial charge in [0, 0.05) is 32.4 Å². The van der Waals surface area contributed by atoms with E-state index in [1.807, 2.05) is 0 Å². The summed E-state index contributed by atoms with van der Waals surface area (Å²) in [6, 6.07) is 9.09. The Labute approximate surface area is 185 Å². The Bertz CT molecular complexity index is 1270. The minimum absolute atomic E-state index is 0.00509. The first-order valence-corrected chi connectivity index (χ1v) is 11.5. The second-order valence-corrected chi connectivity index (χ2v) is 9.71. The van der Waals surface area contributed by atoms with Crippen LogP contribution in [0.3, 0.4) is 0 Å². The summed E-state index contributed by atoms with van der Waals surface area (Å²) < 4.78 is 29.4. The lowest BCUT2D eigenvalue weighted by Crippen LogP contribution is -2.33. The fraction of sp³-hybridized carbons (Fsp3) is 0.350. The number of benzene rings is 1. The zero-order valence-electron chi connectivity index (χ0n) is 17.4. The maximum atomic E-state index is 12.7. The molecule has 1 N–H and O–H groups in total. The fourth-order valence-corrected chi connectivity index (χ4v) is 4.52. The van der Waals surface area contributed by atoms with Crippen LogP contribution in [-0.2, 0) is 16.6 Å². The Hall–Kier alpha value is -2.69. The second-order valence-electron chi connectivity index (χ2n) is 7.30. The molecule has 166 valence electrons. The van der Waals surface area contributed by atoms with Crippen LogP contribution in [0.1, 0.15) is 30.6 Å². The van der Waals surface area contributed by atoms with Crippen LogP contribution in [0.5, 0.6) is 0 Å². The Morgan fingerprint density at radius 2 is 2.00 bits per heavy atom. The van der Waals surface area contributed by atoms with Gasteiger partial charge in [0.15, 0.2) is 5.65 Å². The normalized spacial score (nSPS) is 12.1. The van der Waals surface area contributed by atoms with E-state index in [1.165, 1.54) is 38.6 Å². The Morgan fingerprint density at radius 3 is 2.68 bits per heavy atom. The predicted molar refractivity (Wildman–Crippen MR) is 118 cm³/mol. The number of pyridine rings is 1. The molecular weight excluding hydrogens is 442 g/mol. The second kappa shape index (κ2) is 9.21. The molecule has 0 fully saturated rings. The molecule has 31 heavy (non-hydrogen) atoms. The zero-order valence-corrected chi connectivity index (χ0v) is 19.0. The van der Waals surface area contributed by atoms with E-state index in [1.54, 1.807) is 38.2 Å². The number of rotatable bonds is 8. The van der Waals surface area contributed by atoms with Gasteiger partial charge in [-0.3, -0.25) is 9.20 Å². The van der Waals surface area contributed by atoms with Crippen LogP contribution in [0.2, 0.25) is 5.02 Å². The van der Waals surface area contributed by atoms with Crippen molar-refractivity contribution in [3.8, 4) is 0 Å². The standard InChI is InChI=1S/C20H24ClN5O4S/c1-14(2)24(3)31(29,30)15-8-9-17(21)16(13-15)19(27)22-10-6-12-26-20(28)25-11-5-4-7-18(25)23-26/h4-5,7-9,11,13-14H,6,10,12H2,1-3H3,(H,22,27). The van der Waals surface area contributed by atoms with Crippen molar-refractivity contribution in [1.82, 2.24) is 23.8 Å². The summed E-state index contributed by atoms with van der Waals surface area (Å²) in [5.41, 5.74) is 0.370. The van der Waals surface area contributed by atoms with Crippen molar-refractivity contribution in [2.45, 2.75) is 37.8 Å². The molecule has 11 heteroatoms. The number of aromatic nitrogens is 3. The summed E-state index contributed by atoms with van der Waals surface area (Å²) in [4.78, 5) is 24.8. The third kappa shape index (κ3) is 4.81. The lowest BCUT2D eigenvalue weighted by atomic mass is 10.2. The summed E-state index contributed by atoms with van der Waals surface area (Å²) in [5, 5.41) is 7.10. The highest BCUT2D eigenvalue weighted by Crippen LogP contribution is 2.23. The predicted octanol–water partition coefficient (Wildman–Crippen LogP) is 2.00. The Balaban J connectivity index is 1.66. The number of fused-ring (bicyclic) bond motifs is 1. The van der Waals surface area contributed by atoms with Gasteiger partial charge in [-0.1, -0.05) is 17.7 Å². The molecule has 3 aromatic rings. The first-order valence-electron chi connectivity index (χ1n) is 9.73. The number of nitrogens with zero attached hydrogens (tertiary/aromatic N) is 4. The topological polar surface area (TPSA) is 106 Å². The van der Waals surface area contributed by atoms with Crippen molar-refractivity contribution < 1.29 is 13.2 Å². The molecule has 9 nitrogen and oxygen atoms in total. The first-order chi connectivity index (χ1) is 14.6. The van der Waals surface area contributed by atoms with Crippen molar-refractivity contribution in [3.05, 3.63) is 63.7 Å². The molecule has 0 unspecified atom stereocenters. The fourth-order valence-electron chi connectivity index (χ4n) is 2.92. The van der Waals surface area contributed by atoms with Crippen LogP contribution in [0.15, 0.2) is 52.3 Å². The highest BCUT2D eigenvalue weighted by atomic mass is 35.5. The zero-order chi connectivity index (χ0) is 22.8. The molecule has 3 rings (SSSR count). The van der Waals surface area contributed by atoms with E-state index in [4.69, 9.17) is 11.6 Å². The molecule has 0 aliphatic carbocycles. The molecule has 1 aromatic carbocycles. The third-order valence-corrected chi connectivity index (χ3v) is 7.27. The van der Waals surface area contributed by atoms with E-state index in [-0.39, 0.29) is 33.8 Å². The van der Waals surface area contributed by atoms with Crippen LogP contribution >= 0.6 is 11.6 Å². The number of carbonyl (C=O) groups excluding carboxylic acids is 1. The van der Waals surface area contributed by atoms with Gasteiger partial charge < -0.3 is 5.32 Å². The van der Waals surface area contributed by atoms with Crippen molar-refractivity contribution in [2.24, 2.45) is 0 Å². The van der Waals surface area contributed by atoms with E-state index in [2.05, 4.69) is 10.4 Å². The smallest absolute Gasteiger partial charge is 0.350 e. The van der Waals surface area contributed by atoms with E-state index < -0.39 is 15.9 Å². The maximum absolute atomic E-state index is 12.7. The lowest BCUT2D eigenvalue weighted by molar-refractivity contribution is 0.0952. The van der Waals surface area contributed by atoms with Gasteiger partial charge in [-0.25, -0.2) is 17.9 Å². The van der Waals surface area contributed by atoms with E-state index in [0.29, 0.717) is 18.6 Å². The van der Waals surface area contributed by atoms with Gasteiger partial charge in [0.2, 0.25) is 10.0 Å². The SMILES string of the molecule is CC(C)N(C)S(=O)(=O)c1ccc(Cl)c(C(=O)NCCCn2nc3ccccn3c2=O)c1. The van der Waals surface area contributed by atoms with Crippen molar-refractivity contribution in [1.29, 1.82) is 0 Å². The highest BCUT2D eigenvalue weighted by molar-refractivity contribution is 7.89. The summed E-state index contributed by atoms with van der Waals surface area (Å²) in [5.74, 6) is -0.489.